The van der Waals surface area contributed by atoms with Crippen molar-refractivity contribution in [3.8, 4) is 0 Å². The van der Waals surface area contributed by atoms with Gasteiger partial charge in [0, 0.05) is 24.1 Å². The number of rotatable bonds is 5. The van der Waals surface area contributed by atoms with E-state index < -0.39 is 15.3 Å². The Labute approximate surface area is 147 Å². The predicted molar refractivity (Wildman–Crippen MR) is 96.4 cm³/mol. The van der Waals surface area contributed by atoms with Crippen molar-refractivity contribution in [1.82, 2.24) is 4.98 Å². The van der Waals surface area contributed by atoms with Gasteiger partial charge in [-0.25, -0.2) is 8.42 Å². The number of hydrogen-bond donors (Lipinski definition) is 2. The molecule has 0 saturated heterocycles. The zero-order valence-corrected chi connectivity index (χ0v) is 14.8. The molecule has 0 atom stereocenters. The van der Waals surface area contributed by atoms with Gasteiger partial charge in [-0.2, -0.15) is 0 Å². The molecule has 0 radical (unpaired) electrons. The summed E-state index contributed by atoms with van der Waals surface area (Å²) < 4.78 is 23.3. The third-order valence-electron chi connectivity index (χ3n) is 4.80. The summed E-state index contributed by atoms with van der Waals surface area (Å²) in [6.07, 6.45) is 5.71. The first-order valence-electron chi connectivity index (χ1n) is 8.03. The molecule has 1 heterocycles. The van der Waals surface area contributed by atoms with Crippen molar-refractivity contribution < 1.29 is 18.6 Å². The van der Waals surface area contributed by atoms with E-state index in [1.165, 1.54) is 6.26 Å². The first-order valence-corrected chi connectivity index (χ1v) is 9.92. The molecule has 2 aromatic rings. The predicted octanol–water partition coefficient (Wildman–Crippen LogP) is 2.16. The van der Waals surface area contributed by atoms with Gasteiger partial charge in [0.2, 0.25) is 0 Å². The number of nitrogens with zero attached hydrogens (tertiary/aromatic N) is 1. The zero-order valence-electron chi connectivity index (χ0n) is 14.0. The monoisotopic (exact) mass is 359 g/mol. The fraction of sp³-hybridized carbons (Fsp3) is 0.316. The standard InChI is InChI=1S/C19H21NO4S/c1-25(23,24)16-4-2-14(3-5-16)17-10-19(12-21,13-22)11-18(17)15-6-8-20-9-7-15/h2-9,21-22H,10-13H2,1H3. The van der Waals surface area contributed by atoms with Gasteiger partial charge in [-0.05, 0) is 59.4 Å². The van der Waals surface area contributed by atoms with Crippen molar-refractivity contribution >= 4 is 21.0 Å². The van der Waals surface area contributed by atoms with Crippen LogP contribution in [-0.4, -0.2) is 43.1 Å². The van der Waals surface area contributed by atoms with Crippen LogP contribution in [0, 0.1) is 5.41 Å². The largest absolute Gasteiger partial charge is 0.396 e. The van der Waals surface area contributed by atoms with Gasteiger partial charge >= 0.3 is 0 Å². The molecule has 1 aromatic carbocycles. The van der Waals surface area contributed by atoms with Gasteiger partial charge in [0.1, 0.15) is 0 Å². The fourth-order valence-corrected chi connectivity index (χ4v) is 3.94. The summed E-state index contributed by atoms with van der Waals surface area (Å²) in [5.41, 5.74) is 3.39. The van der Waals surface area contributed by atoms with Crippen LogP contribution in [0.3, 0.4) is 0 Å². The molecule has 0 aliphatic heterocycles. The quantitative estimate of drug-likeness (QED) is 0.854. The molecule has 0 unspecified atom stereocenters. The van der Waals surface area contributed by atoms with Gasteiger partial charge in [0.25, 0.3) is 0 Å². The Balaban J connectivity index is 2.08. The smallest absolute Gasteiger partial charge is 0.175 e. The van der Waals surface area contributed by atoms with Gasteiger partial charge in [0.05, 0.1) is 18.1 Å². The van der Waals surface area contributed by atoms with Gasteiger partial charge in [-0.1, -0.05) is 12.1 Å². The first kappa shape index (κ1) is 17.8. The Morgan fingerprint density at radius 1 is 0.920 bits per heavy atom. The Morgan fingerprint density at radius 2 is 1.40 bits per heavy atom. The number of aliphatic hydroxyl groups excluding tert-OH is 2. The Kier molecular flexibility index (Phi) is 4.77. The van der Waals surface area contributed by atoms with E-state index in [2.05, 4.69) is 4.98 Å². The molecule has 0 amide bonds. The molecule has 1 aliphatic rings. The number of pyridine rings is 1. The summed E-state index contributed by atoms with van der Waals surface area (Å²) in [7, 11) is -3.25. The summed E-state index contributed by atoms with van der Waals surface area (Å²) in [6, 6.07) is 10.6. The summed E-state index contributed by atoms with van der Waals surface area (Å²) >= 11 is 0. The van der Waals surface area contributed by atoms with E-state index in [0.717, 1.165) is 22.3 Å². The maximum atomic E-state index is 11.7. The van der Waals surface area contributed by atoms with Crippen LogP contribution in [0.1, 0.15) is 24.0 Å². The van der Waals surface area contributed by atoms with Gasteiger partial charge in [0.15, 0.2) is 9.84 Å². The van der Waals surface area contributed by atoms with Crippen molar-refractivity contribution in [3.63, 3.8) is 0 Å². The number of benzene rings is 1. The molecular weight excluding hydrogens is 338 g/mol. The molecule has 0 bridgehead atoms. The van der Waals surface area contributed by atoms with Gasteiger partial charge in [-0.15, -0.1) is 0 Å². The minimum Gasteiger partial charge on any atom is -0.396 e. The lowest BCUT2D eigenvalue weighted by atomic mass is 9.84. The lowest BCUT2D eigenvalue weighted by molar-refractivity contribution is 0.0677. The van der Waals surface area contributed by atoms with Crippen molar-refractivity contribution in [3.05, 3.63) is 59.9 Å². The highest BCUT2D eigenvalue weighted by atomic mass is 32.2. The molecule has 6 heteroatoms. The molecule has 5 nitrogen and oxygen atoms in total. The summed E-state index contributed by atoms with van der Waals surface area (Å²) in [5.74, 6) is 0. The number of allylic oxidation sites excluding steroid dienone is 2. The van der Waals surface area contributed by atoms with E-state index in [-0.39, 0.29) is 18.1 Å². The summed E-state index contributed by atoms with van der Waals surface area (Å²) in [4.78, 5) is 4.32. The molecule has 132 valence electrons. The van der Waals surface area contributed by atoms with Crippen LogP contribution in [0.15, 0.2) is 53.7 Å². The van der Waals surface area contributed by atoms with Crippen LogP contribution in [-0.2, 0) is 9.84 Å². The van der Waals surface area contributed by atoms with Crippen LogP contribution in [0.2, 0.25) is 0 Å². The summed E-state index contributed by atoms with van der Waals surface area (Å²) in [6.45, 7) is -0.216. The lowest BCUT2D eigenvalue weighted by Crippen LogP contribution is -2.27. The van der Waals surface area contributed by atoms with Crippen LogP contribution in [0.5, 0.6) is 0 Å². The molecule has 3 rings (SSSR count). The Hall–Kier alpha value is -2.02. The number of aromatic nitrogens is 1. The molecule has 0 spiro atoms. The average molecular weight is 359 g/mol. The summed E-state index contributed by atoms with van der Waals surface area (Å²) in [5, 5.41) is 19.6. The van der Waals surface area contributed by atoms with E-state index in [1.807, 2.05) is 12.1 Å². The maximum Gasteiger partial charge on any atom is 0.175 e. The Morgan fingerprint density at radius 3 is 1.84 bits per heavy atom. The maximum absolute atomic E-state index is 11.7. The van der Waals surface area contributed by atoms with Gasteiger partial charge < -0.3 is 10.2 Å². The van der Waals surface area contributed by atoms with Crippen LogP contribution in [0.4, 0.5) is 0 Å². The average Bonchev–Trinajstić information content (AvgIpc) is 3.03. The van der Waals surface area contributed by atoms with E-state index in [4.69, 9.17) is 0 Å². The second-order valence-corrected chi connectivity index (χ2v) is 8.68. The molecule has 0 fully saturated rings. The van der Waals surface area contributed by atoms with E-state index in [1.54, 1.807) is 36.7 Å². The van der Waals surface area contributed by atoms with Crippen molar-refractivity contribution in [2.24, 2.45) is 5.41 Å². The van der Waals surface area contributed by atoms with Crippen LogP contribution < -0.4 is 0 Å². The van der Waals surface area contributed by atoms with Gasteiger partial charge in [-0.3, -0.25) is 4.98 Å². The minimum absolute atomic E-state index is 0.108. The van der Waals surface area contributed by atoms with E-state index in [9.17, 15) is 18.6 Å². The first-order chi connectivity index (χ1) is 11.9. The second-order valence-electron chi connectivity index (χ2n) is 6.66. The molecule has 1 aliphatic carbocycles. The number of aliphatic hydroxyl groups is 2. The molecule has 25 heavy (non-hydrogen) atoms. The molecule has 0 saturated carbocycles. The van der Waals surface area contributed by atoms with E-state index >= 15 is 0 Å². The van der Waals surface area contributed by atoms with E-state index in [0.29, 0.717) is 12.8 Å². The Bertz CT molecular complexity index is 883. The normalized spacial score (nSPS) is 17.1. The fourth-order valence-electron chi connectivity index (χ4n) is 3.31. The molecule has 2 N–H and O–H groups in total. The third-order valence-corrected chi connectivity index (χ3v) is 5.93. The SMILES string of the molecule is CS(=O)(=O)c1ccc(C2=C(c3ccncc3)CC(CO)(CO)C2)cc1. The third kappa shape index (κ3) is 3.51. The highest BCUT2D eigenvalue weighted by Gasteiger charge is 2.38. The minimum atomic E-state index is -3.25. The lowest BCUT2D eigenvalue weighted by Gasteiger charge is -2.24. The highest BCUT2D eigenvalue weighted by Crippen LogP contribution is 2.49. The highest BCUT2D eigenvalue weighted by molar-refractivity contribution is 7.90. The second kappa shape index (κ2) is 6.71. The topological polar surface area (TPSA) is 87.5 Å². The van der Waals surface area contributed by atoms with Crippen molar-refractivity contribution in [2.45, 2.75) is 17.7 Å². The zero-order chi connectivity index (χ0) is 18.1. The van der Waals surface area contributed by atoms with Crippen LogP contribution >= 0.6 is 0 Å². The molecule has 1 aromatic heterocycles. The number of hydrogen-bond acceptors (Lipinski definition) is 5. The molecular formula is C19H21NO4S. The van der Waals surface area contributed by atoms with Crippen LogP contribution in [0.25, 0.3) is 11.1 Å². The van der Waals surface area contributed by atoms with Crippen molar-refractivity contribution in [1.29, 1.82) is 0 Å². The van der Waals surface area contributed by atoms with Crippen molar-refractivity contribution in [2.75, 3.05) is 19.5 Å². The number of sulfone groups is 1.